The van der Waals surface area contributed by atoms with E-state index in [0.717, 1.165) is 12.1 Å². The van der Waals surface area contributed by atoms with E-state index >= 15 is 0 Å². The Morgan fingerprint density at radius 1 is 1.55 bits per heavy atom. The zero-order valence-corrected chi connectivity index (χ0v) is 8.59. The van der Waals surface area contributed by atoms with Crippen molar-refractivity contribution in [1.29, 1.82) is 0 Å². The number of rotatable bonds is 1. The van der Waals surface area contributed by atoms with Crippen LogP contribution in [0.5, 0.6) is 0 Å². The molecule has 1 aromatic heterocycles. The number of nitrogens with zero attached hydrogens (tertiary/aromatic N) is 1. The molecule has 0 aromatic carbocycles. The van der Waals surface area contributed by atoms with Crippen LogP contribution in [-0.2, 0) is 6.42 Å². The lowest BCUT2D eigenvalue weighted by molar-refractivity contribution is 0.407. The van der Waals surface area contributed by atoms with E-state index in [1.165, 1.54) is 11.3 Å². The Balaban J connectivity index is 2.65. The van der Waals surface area contributed by atoms with Gasteiger partial charge in [-0.25, -0.2) is 4.98 Å². The highest BCUT2D eigenvalue weighted by atomic mass is 35.5. The van der Waals surface area contributed by atoms with Crippen LogP contribution in [0.4, 0.5) is 0 Å². The van der Waals surface area contributed by atoms with Gasteiger partial charge in [-0.1, -0.05) is 32.4 Å². The smallest absolute Gasteiger partial charge is 0.183 e. The molecule has 0 aliphatic rings. The molecule has 1 nitrogen and oxygen atoms in total. The Kier molecular flexibility index (Phi) is 2.55. The van der Waals surface area contributed by atoms with E-state index in [1.54, 1.807) is 0 Å². The molecule has 0 spiro atoms. The molecule has 11 heavy (non-hydrogen) atoms. The van der Waals surface area contributed by atoms with Crippen molar-refractivity contribution < 1.29 is 0 Å². The van der Waals surface area contributed by atoms with Crippen molar-refractivity contribution in [2.75, 3.05) is 0 Å². The Labute approximate surface area is 76.4 Å². The summed E-state index contributed by atoms with van der Waals surface area (Å²) in [6.45, 7) is 6.58. The number of hydrogen-bond donors (Lipinski definition) is 0. The van der Waals surface area contributed by atoms with Gasteiger partial charge in [0.2, 0.25) is 0 Å². The second kappa shape index (κ2) is 3.11. The van der Waals surface area contributed by atoms with E-state index in [-0.39, 0.29) is 0 Å². The van der Waals surface area contributed by atoms with Gasteiger partial charge in [0.25, 0.3) is 0 Å². The molecule has 1 rings (SSSR count). The average molecular weight is 190 g/mol. The van der Waals surface area contributed by atoms with Gasteiger partial charge in [-0.15, -0.1) is 11.3 Å². The summed E-state index contributed by atoms with van der Waals surface area (Å²) in [6.07, 6.45) is 0.996. The summed E-state index contributed by atoms with van der Waals surface area (Å²) < 4.78 is 0.643. The normalized spacial score (nSPS) is 12.0. The van der Waals surface area contributed by atoms with Crippen LogP contribution in [0.15, 0.2) is 5.38 Å². The van der Waals surface area contributed by atoms with Crippen molar-refractivity contribution in [3.05, 3.63) is 15.5 Å². The summed E-state index contributed by atoms with van der Waals surface area (Å²) in [5.41, 5.74) is 1.41. The minimum absolute atomic E-state index is 0.303. The van der Waals surface area contributed by atoms with E-state index in [1.807, 2.05) is 5.38 Å². The van der Waals surface area contributed by atoms with Crippen molar-refractivity contribution in [1.82, 2.24) is 4.98 Å². The molecule has 0 N–H and O–H groups in total. The molecule has 0 radical (unpaired) electrons. The van der Waals surface area contributed by atoms with Crippen LogP contribution in [0.2, 0.25) is 4.47 Å². The van der Waals surface area contributed by atoms with Crippen LogP contribution in [0.1, 0.15) is 26.5 Å². The van der Waals surface area contributed by atoms with Crippen LogP contribution >= 0.6 is 22.9 Å². The highest BCUT2D eigenvalue weighted by Gasteiger charge is 2.12. The van der Waals surface area contributed by atoms with Gasteiger partial charge < -0.3 is 0 Å². The summed E-state index contributed by atoms with van der Waals surface area (Å²) in [4.78, 5) is 4.18. The van der Waals surface area contributed by atoms with Crippen LogP contribution in [-0.4, -0.2) is 4.98 Å². The van der Waals surface area contributed by atoms with Crippen molar-refractivity contribution in [3.8, 4) is 0 Å². The number of aromatic nitrogens is 1. The molecule has 0 saturated heterocycles. The summed E-state index contributed by atoms with van der Waals surface area (Å²) in [5, 5.41) is 2.02. The Morgan fingerprint density at radius 3 is 2.55 bits per heavy atom. The summed E-state index contributed by atoms with van der Waals surface area (Å²) >= 11 is 7.20. The topological polar surface area (TPSA) is 12.9 Å². The minimum atomic E-state index is 0.303. The van der Waals surface area contributed by atoms with Crippen molar-refractivity contribution >= 4 is 22.9 Å². The van der Waals surface area contributed by atoms with Crippen LogP contribution in [0.3, 0.4) is 0 Å². The van der Waals surface area contributed by atoms with Crippen LogP contribution in [0, 0.1) is 5.41 Å². The van der Waals surface area contributed by atoms with Gasteiger partial charge in [0.05, 0.1) is 5.69 Å². The van der Waals surface area contributed by atoms with Gasteiger partial charge in [0, 0.05) is 5.38 Å². The Bertz CT molecular complexity index is 236. The van der Waals surface area contributed by atoms with E-state index in [4.69, 9.17) is 11.6 Å². The van der Waals surface area contributed by atoms with E-state index in [9.17, 15) is 0 Å². The van der Waals surface area contributed by atoms with Crippen molar-refractivity contribution in [2.24, 2.45) is 5.41 Å². The first kappa shape index (κ1) is 9.01. The predicted octanol–water partition coefficient (Wildman–Crippen LogP) is 3.39. The molecule has 0 atom stereocenters. The highest BCUT2D eigenvalue weighted by Crippen LogP contribution is 2.23. The number of thiazole rings is 1. The molecular weight excluding hydrogens is 178 g/mol. The fraction of sp³-hybridized carbons (Fsp3) is 0.625. The van der Waals surface area contributed by atoms with E-state index in [2.05, 4.69) is 25.8 Å². The second-order valence-electron chi connectivity index (χ2n) is 3.83. The lowest BCUT2D eigenvalue weighted by atomic mass is 9.91. The molecule has 0 aliphatic carbocycles. The highest BCUT2D eigenvalue weighted by molar-refractivity contribution is 7.13. The first-order valence-electron chi connectivity index (χ1n) is 3.57. The van der Waals surface area contributed by atoms with Gasteiger partial charge >= 0.3 is 0 Å². The van der Waals surface area contributed by atoms with E-state index in [0.29, 0.717) is 9.88 Å². The van der Waals surface area contributed by atoms with Gasteiger partial charge in [-0.05, 0) is 11.8 Å². The molecule has 0 unspecified atom stereocenters. The summed E-state index contributed by atoms with van der Waals surface area (Å²) in [6, 6.07) is 0. The molecule has 1 heterocycles. The molecule has 62 valence electrons. The summed E-state index contributed by atoms with van der Waals surface area (Å²) in [7, 11) is 0. The molecule has 0 amide bonds. The van der Waals surface area contributed by atoms with Crippen LogP contribution in [0.25, 0.3) is 0 Å². The minimum Gasteiger partial charge on any atom is -0.230 e. The zero-order valence-electron chi connectivity index (χ0n) is 7.02. The first-order valence-corrected chi connectivity index (χ1v) is 4.83. The maximum atomic E-state index is 5.70. The zero-order chi connectivity index (χ0) is 8.48. The maximum Gasteiger partial charge on any atom is 0.183 e. The maximum absolute atomic E-state index is 5.70. The van der Waals surface area contributed by atoms with E-state index < -0.39 is 0 Å². The van der Waals surface area contributed by atoms with Gasteiger partial charge in [-0.2, -0.15) is 0 Å². The lowest BCUT2D eigenvalue weighted by Crippen LogP contribution is -2.09. The van der Waals surface area contributed by atoms with Gasteiger partial charge in [0.15, 0.2) is 4.47 Å². The summed E-state index contributed by atoms with van der Waals surface area (Å²) in [5.74, 6) is 0. The second-order valence-corrected chi connectivity index (χ2v) is 5.27. The molecular formula is C8H12ClNS. The van der Waals surface area contributed by atoms with Crippen molar-refractivity contribution in [3.63, 3.8) is 0 Å². The first-order chi connectivity index (χ1) is 4.97. The Hall–Kier alpha value is -0.0800. The third-order valence-corrected chi connectivity index (χ3v) is 2.26. The third-order valence-electron chi connectivity index (χ3n) is 1.24. The lowest BCUT2D eigenvalue weighted by Gasteiger charge is -2.15. The molecule has 0 saturated carbocycles. The van der Waals surface area contributed by atoms with Crippen LogP contribution < -0.4 is 0 Å². The number of hydrogen-bond acceptors (Lipinski definition) is 2. The largest absolute Gasteiger partial charge is 0.230 e. The monoisotopic (exact) mass is 189 g/mol. The predicted molar refractivity (Wildman–Crippen MR) is 50.3 cm³/mol. The van der Waals surface area contributed by atoms with Gasteiger partial charge in [-0.3, -0.25) is 0 Å². The third kappa shape index (κ3) is 3.21. The fourth-order valence-electron chi connectivity index (χ4n) is 0.907. The SMILES string of the molecule is CC(C)(C)Cc1csc(Cl)n1. The van der Waals surface area contributed by atoms with Crippen molar-refractivity contribution in [2.45, 2.75) is 27.2 Å². The molecule has 0 fully saturated rings. The molecule has 0 bridgehead atoms. The number of halogens is 1. The average Bonchev–Trinajstić information content (AvgIpc) is 2.10. The molecule has 1 aromatic rings. The molecule has 0 aliphatic heterocycles. The standard InChI is InChI=1S/C8H12ClNS/c1-8(2,3)4-6-5-11-7(9)10-6/h5H,4H2,1-3H3. The van der Waals surface area contributed by atoms with Gasteiger partial charge in [0.1, 0.15) is 0 Å². The quantitative estimate of drug-likeness (QED) is 0.660. The fourth-order valence-corrected chi connectivity index (χ4v) is 1.69. The molecule has 3 heteroatoms. The Morgan fingerprint density at radius 2 is 2.18 bits per heavy atom.